The van der Waals surface area contributed by atoms with E-state index in [0.717, 1.165) is 0 Å². The van der Waals surface area contributed by atoms with Crippen LogP contribution >= 0.6 is 0 Å². The Balaban J connectivity index is 2.01. The van der Waals surface area contributed by atoms with Crippen LogP contribution in [0.1, 0.15) is 5.56 Å². The summed E-state index contributed by atoms with van der Waals surface area (Å²) in [5.74, 6) is -0.309. The van der Waals surface area contributed by atoms with E-state index in [1.807, 2.05) is 0 Å². The molecule has 0 radical (unpaired) electrons. The molecule has 0 atom stereocenters. The van der Waals surface area contributed by atoms with E-state index in [2.05, 4.69) is 15.1 Å². The first-order valence-corrected chi connectivity index (χ1v) is 5.90. The van der Waals surface area contributed by atoms with E-state index in [4.69, 9.17) is 9.78 Å². The Morgan fingerprint density at radius 2 is 2.14 bits per heavy atom. The van der Waals surface area contributed by atoms with Crippen LogP contribution in [-0.4, -0.2) is 15.1 Å². The zero-order chi connectivity index (χ0) is 14.8. The molecule has 0 unspecified atom stereocenters. The smallest absolute Gasteiger partial charge is 0.345 e. The van der Waals surface area contributed by atoms with Crippen LogP contribution in [0, 0.1) is 17.1 Å². The minimum atomic E-state index is -0.634. The van der Waals surface area contributed by atoms with Crippen LogP contribution in [-0.2, 0) is 0 Å². The van der Waals surface area contributed by atoms with Gasteiger partial charge in [-0.3, -0.25) is 0 Å². The van der Waals surface area contributed by atoms with Crippen molar-refractivity contribution in [2.45, 2.75) is 0 Å². The van der Waals surface area contributed by atoms with Crippen molar-refractivity contribution in [3.8, 4) is 28.8 Å². The van der Waals surface area contributed by atoms with Crippen LogP contribution < -0.4 is 5.69 Å². The van der Waals surface area contributed by atoms with Crippen molar-refractivity contribution in [3.63, 3.8) is 0 Å². The minimum Gasteiger partial charge on any atom is -0.356 e. The summed E-state index contributed by atoms with van der Waals surface area (Å²) in [6.45, 7) is 0. The highest BCUT2D eigenvalue weighted by molar-refractivity contribution is 5.65. The summed E-state index contributed by atoms with van der Waals surface area (Å²) in [6, 6.07) is 8.99. The Morgan fingerprint density at radius 3 is 2.86 bits per heavy atom. The molecule has 0 fully saturated rings. The van der Waals surface area contributed by atoms with Crippen molar-refractivity contribution in [1.82, 2.24) is 15.1 Å². The van der Waals surface area contributed by atoms with Crippen molar-refractivity contribution in [3.05, 3.63) is 58.4 Å². The lowest BCUT2D eigenvalue weighted by atomic mass is 10.1. The average Bonchev–Trinajstić information content (AvgIpc) is 2.97. The predicted octanol–water partition coefficient (Wildman–Crippen LogP) is 2.10. The Labute approximate surface area is 117 Å². The van der Waals surface area contributed by atoms with Gasteiger partial charge in [-0.1, -0.05) is 5.16 Å². The maximum Gasteiger partial charge on any atom is 0.345 e. The fraction of sp³-hybridized carbons (Fsp3) is 0. The van der Waals surface area contributed by atoms with E-state index in [-0.39, 0.29) is 5.56 Å². The number of halogens is 1. The highest BCUT2D eigenvalue weighted by Gasteiger charge is 2.11. The molecule has 0 saturated heterocycles. The number of rotatable bonds is 2. The second kappa shape index (κ2) is 5.02. The third-order valence-electron chi connectivity index (χ3n) is 2.83. The average molecular weight is 282 g/mol. The fourth-order valence-corrected chi connectivity index (χ4v) is 1.82. The second-order valence-corrected chi connectivity index (χ2v) is 4.17. The third-order valence-corrected chi connectivity index (χ3v) is 2.83. The van der Waals surface area contributed by atoms with E-state index in [9.17, 15) is 9.18 Å². The van der Waals surface area contributed by atoms with Crippen LogP contribution in [0.5, 0.6) is 0 Å². The molecule has 3 rings (SSSR count). The number of hydrogen-bond acceptors (Lipinski definition) is 5. The van der Waals surface area contributed by atoms with Gasteiger partial charge in [-0.2, -0.15) is 5.26 Å². The molecule has 0 saturated carbocycles. The maximum atomic E-state index is 13.6. The summed E-state index contributed by atoms with van der Waals surface area (Å²) >= 11 is 0. The number of H-pyrrole nitrogens is 1. The molecular formula is C14H7FN4O2. The number of nitrogens with one attached hydrogen (secondary N) is 1. The molecule has 0 amide bonds. The van der Waals surface area contributed by atoms with Gasteiger partial charge in [-0.15, -0.1) is 0 Å². The van der Waals surface area contributed by atoms with Crippen molar-refractivity contribution >= 4 is 0 Å². The van der Waals surface area contributed by atoms with Gasteiger partial charge in [0.15, 0.2) is 5.76 Å². The molecule has 6 nitrogen and oxygen atoms in total. The van der Waals surface area contributed by atoms with Gasteiger partial charge in [0.2, 0.25) is 0 Å². The van der Waals surface area contributed by atoms with Crippen LogP contribution in [0.2, 0.25) is 0 Å². The molecule has 2 heterocycles. The first-order valence-electron chi connectivity index (χ1n) is 5.90. The second-order valence-electron chi connectivity index (χ2n) is 4.17. The Morgan fingerprint density at radius 1 is 1.29 bits per heavy atom. The van der Waals surface area contributed by atoms with E-state index in [0.29, 0.717) is 22.7 Å². The van der Waals surface area contributed by atoms with E-state index >= 15 is 0 Å². The summed E-state index contributed by atoms with van der Waals surface area (Å²) < 4.78 is 18.7. The normalized spacial score (nSPS) is 10.3. The molecular weight excluding hydrogens is 275 g/mol. The zero-order valence-corrected chi connectivity index (χ0v) is 10.5. The number of hydrogen-bond donors (Lipinski definition) is 1. The highest BCUT2D eigenvalue weighted by atomic mass is 19.1. The fourth-order valence-electron chi connectivity index (χ4n) is 1.82. The number of benzene rings is 1. The van der Waals surface area contributed by atoms with Crippen LogP contribution in [0.25, 0.3) is 22.7 Å². The van der Waals surface area contributed by atoms with E-state index in [1.165, 1.54) is 18.3 Å². The van der Waals surface area contributed by atoms with Crippen molar-refractivity contribution in [2.24, 2.45) is 0 Å². The van der Waals surface area contributed by atoms with Crippen molar-refractivity contribution < 1.29 is 8.91 Å². The zero-order valence-electron chi connectivity index (χ0n) is 10.5. The molecule has 0 bridgehead atoms. The molecule has 0 aliphatic rings. The van der Waals surface area contributed by atoms with Gasteiger partial charge < -0.3 is 9.51 Å². The number of nitriles is 1. The summed E-state index contributed by atoms with van der Waals surface area (Å²) in [5.41, 5.74) is 0.744. The summed E-state index contributed by atoms with van der Waals surface area (Å²) in [5, 5.41) is 12.5. The largest absolute Gasteiger partial charge is 0.356 e. The molecule has 1 N–H and O–H groups in total. The van der Waals surface area contributed by atoms with Gasteiger partial charge in [-0.05, 0) is 24.3 Å². The minimum absolute atomic E-state index is 0.0445. The monoisotopic (exact) mass is 282 g/mol. The van der Waals surface area contributed by atoms with Crippen molar-refractivity contribution in [1.29, 1.82) is 5.26 Å². The van der Waals surface area contributed by atoms with Crippen LogP contribution in [0.3, 0.4) is 0 Å². The summed E-state index contributed by atoms with van der Waals surface area (Å²) in [6.07, 6.45) is 1.35. The number of aromatic nitrogens is 3. The van der Waals surface area contributed by atoms with Gasteiger partial charge in [0.1, 0.15) is 17.6 Å². The number of nitrogens with zero attached hydrogens (tertiary/aromatic N) is 3. The van der Waals surface area contributed by atoms with E-state index < -0.39 is 11.5 Å². The van der Waals surface area contributed by atoms with Gasteiger partial charge in [0.05, 0.1) is 11.3 Å². The topological polar surface area (TPSA) is 95.6 Å². The predicted molar refractivity (Wildman–Crippen MR) is 70.5 cm³/mol. The molecule has 2 aromatic heterocycles. The maximum absolute atomic E-state index is 13.6. The van der Waals surface area contributed by atoms with Gasteiger partial charge in [0.25, 0.3) is 0 Å². The molecule has 3 aromatic rings. The van der Waals surface area contributed by atoms with Crippen LogP contribution in [0.15, 0.2) is 45.8 Å². The lowest BCUT2D eigenvalue weighted by Crippen LogP contribution is -2.09. The quantitative estimate of drug-likeness (QED) is 0.776. The lowest BCUT2D eigenvalue weighted by molar-refractivity contribution is 0.434. The Hall–Kier alpha value is -3.27. The third kappa shape index (κ3) is 2.42. The first-order chi connectivity index (χ1) is 10.2. The van der Waals surface area contributed by atoms with Crippen molar-refractivity contribution in [2.75, 3.05) is 0 Å². The Kier molecular flexibility index (Phi) is 3.04. The van der Waals surface area contributed by atoms with Gasteiger partial charge in [-0.25, -0.2) is 14.2 Å². The molecule has 0 spiro atoms. The molecule has 7 heteroatoms. The molecule has 21 heavy (non-hydrogen) atoms. The standard InChI is InChI=1S/C14H7FN4O2/c15-10-5-8(1-2-9(10)7-16)13-6-12(19-21-13)11-3-4-17-14(20)18-11/h1-6H,(H,17,18,20). The number of aromatic amines is 1. The molecule has 102 valence electrons. The van der Waals surface area contributed by atoms with Gasteiger partial charge >= 0.3 is 5.69 Å². The summed E-state index contributed by atoms with van der Waals surface area (Å²) in [4.78, 5) is 17.2. The molecule has 0 aliphatic heterocycles. The van der Waals surface area contributed by atoms with E-state index in [1.54, 1.807) is 24.3 Å². The van der Waals surface area contributed by atoms with Gasteiger partial charge in [0, 0.05) is 17.8 Å². The highest BCUT2D eigenvalue weighted by Crippen LogP contribution is 2.25. The molecule has 0 aliphatic carbocycles. The Bertz CT molecular complexity index is 908. The van der Waals surface area contributed by atoms with Crippen LogP contribution in [0.4, 0.5) is 4.39 Å². The first kappa shape index (κ1) is 12.7. The SMILES string of the molecule is N#Cc1ccc(-c2cc(-c3ccnc(=O)[nH]3)no2)cc1F. The lowest BCUT2D eigenvalue weighted by Gasteiger charge is -1.97. The molecule has 1 aromatic carbocycles. The summed E-state index contributed by atoms with van der Waals surface area (Å²) in [7, 11) is 0.